The van der Waals surface area contributed by atoms with Crippen molar-refractivity contribution in [1.82, 2.24) is 14.5 Å². The molecule has 3 aliphatic rings. The molecule has 3 fully saturated rings. The van der Waals surface area contributed by atoms with Gasteiger partial charge in [-0.1, -0.05) is 0 Å². The number of nitrogen functional groups attached to an aromatic ring is 1. The van der Waals surface area contributed by atoms with E-state index in [-0.39, 0.29) is 0 Å². The number of nitrogens with two attached hydrogens (primary N) is 1. The Hall–Kier alpha value is -1.58. The van der Waals surface area contributed by atoms with E-state index in [1.54, 1.807) is 0 Å². The normalized spacial score (nSPS) is 40.3. The van der Waals surface area contributed by atoms with Gasteiger partial charge in [0.15, 0.2) is 5.65 Å². The Kier molecular flexibility index (Phi) is 1.49. The molecule has 18 heavy (non-hydrogen) atoms. The van der Waals surface area contributed by atoms with E-state index in [2.05, 4.69) is 14.5 Å². The van der Waals surface area contributed by atoms with Gasteiger partial charge < -0.3 is 5.73 Å². The molecular formula is C14H16N4. The largest absolute Gasteiger partial charge is 0.369 e. The quantitative estimate of drug-likeness (QED) is 0.831. The van der Waals surface area contributed by atoms with E-state index in [0.717, 1.165) is 34.8 Å². The van der Waals surface area contributed by atoms with Gasteiger partial charge in [-0.2, -0.15) is 0 Å². The van der Waals surface area contributed by atoms with Gasteiger partial charge in [0, 0.05) is 12.2 Å². The fourth-order valence-electron chi connectivity index (χ4n) is 4.86. The Labute approximate surface area is 105 Å². The van der Waals surface area contributed by atoms with Gasteiger partial charge in [-0.3, -0.25) is 4.57 Å². The average molecular weight is 240 g/mol. The van der Waals surface area contributed by atoms with Crippen molar-refractivity contribution in [1.29, 1.82) is 0 Å². The zero-order chi connectivity index (χ0) is 11.9. The van der Waals surface area contributed by atoms with Gasteiger partial charge in [0.2, 0.25) is 5.95 Å². The van der Waals surface area contributed by atoms with E-state index < -0.39 is 0 Å². The first-order chi connectivity index (χ1) is 8.84. The minimum atomic E-state index is 0.594. The number of rotatable bonds is 1. The van der Waals surface area contributed by atoms with Gasteiger partial charge in [-0.15, -0.1) is 0 Å². The zero-order valence-corrected chi connectivity index (χ0v) is 10.2. The third kappa shape index (κ3) is 0.945. The summed E-state index contributed by atoms with van der Waals surface area (Å²) in [6.07, 6.45) is 6.17. The molecule has 92 valence electrons. The van der Waals surface area contributed by atoms with Gasteiger partial charge in [0.05, 0.1) is 0 Å². The molecule has 0 aliphatic heterocycles. The van der Waals surface area contributed by atoms with Crippen molar-refractivity contribution in [3.05, 3.63) is 18.3 Å². The number of fused-ring (bicyclic) bond motifs is 6. The highest BCUT2D eigenvalue weighted by Crippen LogP contribution is 2.72. The van der Waals surface area contributed by atoms with Crippen molar-refractivity contribution >= 4 is 17.1 Å². The van der Waals surface area contributed by atoms with Crippen molar-refractivity contribution in [2.45, 2.75) is 25.3 Å². The third-order valence-electron chi connectivity index (χ3n) is 5.47. The van der Waals surface area contributed by atoms with Crippen LogP contribution >= 0.6 is 0 Å². The van der Waals surface area contributed by atoms with Crippen LogP contribution < -0.4 is 5.73 Å². The molecule has 4 unspecified atom stereocenters. The average Bonchev–Trinajstić information content (AvgIpc) is 2.75. The van der Waals surface area contributed by atoms with E-state index in [1.165, 1.54) is 19.3 Å². The van der Waals surface area contributed by atoms with Crippen molar-refractivity contribution in [3.8, 4) is 0 Å². The molecule has 5 rings (SSSR count). The number of hydrogen-bond donors (Lipinski definition) is 1. The van der Waals surface area contributed by atoms with Crippen LogP contribution in [0.5, 0.6) is 0 Å². The second-order valence-corrected chi connectivity index (χ2v) is 6.16. The highest BCUT2D eigenvalue weighted by atomic mass is 15.2. The van der Waals surface area contributed by atoms with Crippen LogP contribution in [0.15, 0.2) is 18.3 Å². The van der Waals surface area contributed by atoms with Gasteiger partial charge >= 0.3 is 0 Å². The SMILES string of the molecule is Nc1nc2cccnc2n1C1C2C3CCC(C3)C21. The summed E-state index contributed by atoms with van der Waals surface area (Å²) in [5, 5.41) is 0. The molecule has 2 aromatic heterocycles. The smallest absolute Gasteiger partial charge is 0.202 e. The maximum atomic E-state index is 6.12. The number of hydrogen-bond acceptors (Lipinski definition) is 3. The summed E-state index contributed by atoms with van der Waals surface area (Å²) in [5.41, 5.74) is 8.04. The summed E-state index contributed by atoms with van der Waals surface area (Å²) in [4.78, 5) is 8.93. The van der Waals surface area contributed by atoms with E-state index in [9.17, 15) is 0 Å². The molecule has 0 saturated heterocycles. The Balaban J connectivity index is 1.66. The number of aromatic nitrogens is 3. The lowest BCUT2D eigenvalue weighted by atomic mass is 10.0. The van der Waals surface area contributed by atoms with Crippen LogP contribution in [0.4, 0.5) is 5.95 Å². The maximum absolute atomic E-state index is 6.12. The molecule has 2 bridgehead atoms. The molecule has 0 aromatic carbocycles. The van der Waals surface area contributed by atoms with Gasteiger partial charge in [0.1, 0.15) is 5.52 Å². The molecule has 2 aromatic rings. The lowest BCUT2D eigenvalue weighted by molar-refractivity contribution is 0.456. The van der Waals surface area contributed by atoms with Crippen LogP contribution in [-0.2, 0) is 0 Å². The molecule has 2 N–H and O–H groups in total. The first-order valence-electron chi connectivity index (χ1n) is 6.93. The molecular weight excluding hydrogens is 224 g/mol. The summed E-state index contributed by atoms with van der Waals surface area (Å²) in [6, 6.07) is 4.52. The molecule has 0 amide bonds. The summed E-state index contributed by atoms with van der Waals surface area (Å²) >= 11 is 0. The van der Waals surface area contributed by atoms with Crippen molar-refractivity contribution < 1.29 is 0 Å². The third-order valence-corrected chi connectivity index (χ3v) is 5.47. The fraction of sp³-hybridized carbons (Fsp3) is 0.571. The minimum Gasteiger partial charge on any atom is -0.369 e. The van der Waals surface area contributed by atoms with Crippen LogP contribution in [0.25, 0.3) is 11.2 Å². The number of pyridine rings is 1. The van der Waals surface area contributed by atoms with E-state index in [4.69, 9.17) is 5.73 Å². The lowest BCUT2D eigenvalue weighted by Gasteiger charge is -2.11. The molecule has 4 atom stereocenters. The molecule has 3 saturated carbocycles. The molecule has 2 heterocycles. The topological polar surface area (TPSA) is 56.7 Å². The molecule has 0 radical (unpaired) electrons. The number of nitrogens with zero attached hydrogens (tertiary/aromatic N) is 3. The predicted molar refractivity (Wildman–Crippen MR) is 68.8 cm³/mol. The Bertz CT molecular complexity index is 630. The first kappa shape index (κ1) is 9.36. The monoisotopic (exact) mass is 240 g/mol. The fourth-order valence-corrected chi connectivity index (χ4v) is 4.86. The van der Waals surface area contributed by atoms with Crippen LogP contribution in [0, 0.1) is 23.7 Å². The number of anilines is 1. The van der Waals surface area contributed by atoms with E-state index >= 15 is 0 Å². The lowest BCUT2D eigenvalue weighted by Crippen LogP contribution is -2.08. The second-order valence-electron chi connectivity index (χ2n) is 6.16. The molecule has 0 spiro atoms. The first-order valence-corrected chi connectivity index (χ1v) is 6.93. The van der Waals surface area contributed by atoms with Gasteiger partial charge in [-0.05, 0) is 55.1 Å². The summed E-state index contributed by atoms with van der Waals surface area (Å²) in [5.74, 6) is 4.29. The van der Waals surface area contributed by atoms with Gasteiger partial charge in [-0.25, -0.2) is 9.97 Å². The Morgan fingerprint density at radius 1 is 1.22 bits per heavy atom. The summed E-state index contributed by atoms with van der Waals surface area (Å²) in [6.45, 7) is 0. The van der Waals surface area contributed by atoms with Crippen LogP contribution in [0.2, 0.25) is 0 Å². The molecule has 3 aliphatic carbocycles. The highest BCUT2D eigenvalue weighted by Gasteiger charge is 2.66. The van der Waals surface area contributed by atoms with E-state index in [1.807, 2.05) is 18.3 Å². The highest BCUT2D eigenvalue weighted by molar-refractivity contribution is 5.74. The van der Waals surface area contributed by atoms with Gasteiger partial charge in [0.25, 0.3) is 0 Å². The number of imidazole rings is 1. The van der Waals surface area contributed by atoms with E-state index in [0.29, 0.717) is 12.0 Å². The predicted octanol–water partition coefficient (Wildman–Crippen LogP) is 2.23. The zero-order valence-electron chi connectivity index (χ0n) is 10.2. The van der Waals surface area contributed by atoms with Crippen LogP contribution in [0.1, 0.15) is 25.3 Å². The van der Waals surface area contributed by atoms with Crippen molar-refractivity contribution in [2.24, 2.45) is 23.7 Å². The minimum absolute atomic E-state index is 0.594. The summed E-state index contributed by atoms with van der Waals surface area (Å²) < 4.78 is 2.22. The molecule has 4 heteroatoms. The van der Waals surface area contributed by atoms with Crippen LogP contribution in [-0.4, -0.2) is 14.5 Å². The Morgan fingerprint density at radius 3 is 2.78 bits per heavy atom. The standard InChI is InChI=1S/C14H16N4/c15-14-17-9-2-1-5-16-13(9)18(14)12-10-7-3-4-8(6-7)11(10)12/h1-2,5,7-8,10-12H,3-4,6H2,(H2,15,17). The van der Waals surface area contributed by atoms with Crippen molar-refractivity contribution in [3.63, 3.8) is 0 Å². The second kappa shape index (κ2) is 2.87. The Morgan fingerprint density at radius 2 is 2.00 bits per heavy atom. The van der Waals surface area contributed by atoms with Crippen molar-refractivity contribution in [2.75, 3.05) is 5.73 Å². The maximum Gasteiger partial charge on any atom is 0.202 e. The molecule has 4 nitrogen and oxygen atoms in total. The summed E-state index contributed by atoms with van der Waals surface area (Å²) in [7, 11) is 0. The van der Waals surface area contributed by atoms with Crippen LogP contribution in [0.3, 0.4) is 0 Å².